The van der Waals surface area contributed by atoms with Crippen LogP contribution in [0.2, 0.25) is 0 Å². The molecule has 1 aromatic carbocycles. The Kier molecular flexibility index (Phi) is 2.87. The topological polar surface area (TPSA) is 12.0 Å². The van der Waals surface area contributed by atoms with Crippen LogP contribution in [-0.4, -0.2) is 7.05 Å². The van der Waals surface area contributed by atoms with Gasteiger partial charge in [-0.2, -0.15) is 0 Å². The minimum atomic E-state index is -0.276. The molecular formula is C9H9BrFN. The summed E-state index contributed by atoms with van der Waals surface area (Å²) in [5.41, 5.74) is 1.23. The highest BCUT2D eigenvalue weighted by atomic mass is 79.9. The molecule has 3 heteroatoms. The van der Waals surface area contributed by atoms with Crippen LogP contribution in [0.1, 0.15) is 5.56 Å². The van der Waals surface area contributed by atoms with Gasteiger partial charge in [0.05, 0.1) is 5.69 Å². The molecule has 0 aliphatic carbocycles. The molecule has 64 valence electrons. The molecule has 12 heavy (non-hydrogen) atoms. The van der Waals surface area contributed by atoms with E-state index in [1.807, 2.05) is 6.07 Å². The average molecular weight is 230 g/mol. The molecule has 0 bridgehead atoms. The molecule has 0 radical (unpaired) electrons. The Morgan fingerprint density at radius 1 is 1.58 bits per heavy atom. The van der Waals surface area contributed by atoms with Gasteiger partial charge in [0, 0.05) is 17.1 Å². The van der Waals surface area contributed by atoms with E-state index in [4.69, 9.17) is 0 Å². The van der Waals surface area contributed by atoms with Crippen molar-refractivity contribution < 1.29 is 4.39 Å². The Bertz CT molecular complexity index is 310. The first kappa shape index (κ1) is 9.26. The second-order valence-electron chi connectivity index (χ2n) is 2.31. The average Bonchev–Trinajstić information content (AvgIpc) is 2.03. The van der Waals surface area contributed by atoms with Crippen molar-refractivity contribution in [3.8, 4) is 0 Å². The third-order valence-electron chi connectivity index (χ3n) is 1.56. The molecule has 0 aliphatic rings. The molecule has 1 rings (SSSR count). The first-order valence-corrected chi connectivity index (χ1v) is 4.27. The summed E-state index contributed by atoms with van der Waals surface area (Å²) in [6, 6.07) is 3.22. The van der Waals surface area contributed by atoms with Crippen LogP contribution in [0.4, 0.5) is 10.1 Å². The normalized spacial score (nSPS) is 9.58. The first-order valence-electron chi connectivity index (χ1n) is 3.48. The molecule has 0 aromatic heterocycles. The molecule has 0 heterocycles. The first-order chi connectivity index (χ1) is 5.69. The Hall–Kier alpha value is -0.830. The number of hydrogen-bond donors (Lipinski definition) is 1. The highest BCUT2D eigenvalue weighted by Gasteiger charge is 2.05. The van der Waals surface area contributed by atoms with Gasteiger partial charge in [-0.15, -0.1) is 0 Å². The van der Waals surface area contributed by atoms with Crippen LogP contribution in [0.3, 0.4) is 0 Å². The monoisotopic (exact) mass is 229 g/mol. The molecule has 0 fully saturated rings. The highest BCUT2D eigenvalue weighted by Crippen LogP contribution is 2.25. The van der Waals surface area contributed by atoms with Gasteiger partial charge in [0.2, 0.25) is 0 Å². The third-order valence-corrected chi connectivity index (χ3v) is 2.01. The van der Waals surface area contributed by atoms with Gasteiger partial charge in [-0.05, 0) is 12.1 Å². The van der Waals surface area contributed by atoms with E-state index in [0.29, 0.717) is 10.2 Å². The van der Waals surface area contributed by atoms with Crippen molar-refractivity contribution in [1.82, 2.24) is 0 Å². The van der Waals surface area contributed by atoms with E-state index in [0.717, 1.165) is 5.56 Å². The standard InChI is InChI=1S/C9H9BrFN/c1-3-6-4-7(10)5-8(11)9(6)12-2/h3-5,12H,1H2,2H3. The largest absolute Gasteiger partial charge is 0.385 e. The minimum absolute atomic E-state index is 0.276. The summed E-state index contributed by atoms with van der Waals surface area (Å²) in [6.45, 7) is 3.59. The van der Waals surface area contributed by atoms with Crippen molar-refractivity contribution in [2.45, 2.75) is 0 Å². The molecule has 1 aromatic rings. The Balaban J connectivity index is 3.33. The van der Waals surface area contributed by atoms with Crippen LogP contribution in [0, 0.1) is 5.82 Å². The van der Waals surface area contributed by atoms with Crippen molar-refractivity contribution in [1.29, 1.82) is 0 Å². The highest BCUT2D eigenvalue weighted by molar-refractivity contribution is 9.10. The van der Waals surface area contributed by atoms with Crippen LogP contribution in [-0.2, 0) is 0 Å². The molecule has 0 saturated carbocycles. The number of halogens is 2. The molecule has 0 spiro atoms. The maximum absolute atomic E-state index is 13.2. The number of rotatable bonds is 2. The maximum atomic E-state index is 13.2. The fraction of sp³-hybridized carbons (Fsp3) is 0.111. The smallest absolute Gasteiger partial charge is 0.148 e. The van der Waals surface area contributed by atoms with E-state index in [1.165, 1.54) is 6.07 Å². The summed E-state index contributed by atoms with van der Waals surface area (Å²) < 4.78 is 13.9. The molecular weight excluding hydrogens is 221 g/mol. The molecule has 0 saturated heterocycles. The van der Waals surface area contributed by atoms with Gasteiger partial charge in [0.15, 0.2) is 0 Å². The Morgan fingerprint density at radius 2 is 2.25 bits per heavy atom. The third kappa shape index (κ3) is 1.67. The molecule has 1 nitrogen and oxygen atoms in total. The van der Waals surface area contributed by atoms with Crippen molar-refractivity contribution >= 4 is 27.7 Å². The lowest BCUT2D eigenvalue weighted by Gasteiger charge is -2.06. The van der Waals surface area contributed by atoms with Crippen LogP contribution in [0.25, 0.3) is 6.08 Å². The fourth-order valence-electron chi connectivity index (χ4n) is 1.02. The van der Waals surface area contributed by atoms with Gasteiger partial charge in [0.1, 0.15) is 5.82 Å². The number of benzene rings is 1. The quantitative estimate of drug-likeness (QED) is 0.822. The molecule has 0 amide bonds. The van der Waals surface area contributed by atoms with Gasteiger partial charge in [-0.1, -0.05) is 28.6 Å². The summed E-state index contributed by atoms with van der Waals surface area (Å²) in [7, 11) is 1.68. The van der Waals surface area contributed by atoms with E-state index in [1.54, 1.807) is 13.1 Å². The van der Waals surface area contributed by atoms with E-state index >= 15 is 0 Å². The van der Waals surface area contributed by atoms with Gasteiger partial charge in [-0.25, -0.2) is 4.39 Å². The molecule has 0 aliphatic heterocycles. The number of nitrogens with one attached hydrogen (secondary N) is 1. The predicted molar refractivity (Wildman–Crippen MR) is 53.7 cm³/mol. The minimum Gasteiger partial charge on any atom is -0.385 e. The lowest BCUT2D eigenvalue weighted by molar-refractivity contribution is 0.630. The molecule has 0 unspecified atom stereocenters. The molecule has 0 atom stereocenters. The van der Waals surface area contributed by atoms with E-state index in [9.17, 15) is 4.39 Å². The van der Waals surface area contributed by atoms with Crippen molar-refractivity contribution in [3.63, 3.8) is 0 Å². The zero-order valence-corrected chi connectivity index (χ0v) is 8.28. The van der Waals surface area contributed by atoms with E-state index in [2.05, 4.69) is 27.8 Å². The fourth-order valence-corrected chi connectivity index (χ4v) is 1.47. The predicted octanol–water partition coefficient (Wildman–Crippen LogP) is 3.27. The zero-order valence-electron chi connectivity index (χ0n) is 6.70. The lowest BCUT2D eigenvalue weighted by Crippen LogP contribution is -1.95. The van der Waals surface area contributed by atoms with E-state index in [-0.39, 0.29) is 5.82 Å². The van der Waals surface area contributed by atoms with Crippen LogP contribution in [0.5, 0.6) is 0 Å². The maximum Gasteiger partial charge on any atom is 0.148 e. The molecule has 1 N–H and O–H groups in total. The van der Waals surface area contributed by atoms with Crippen molar-refractivity contribution in [2.75, 3.05) is 12.4 Å². The summed E-state index contributed by atoms with van der Waals surface area (Å²) in [6.07, 6.45) is 1.61. The van der Waals surface area contributed by atoms with E-state index < -0.39 is 0 Å². The Morgan fingerprint density at radius 3 is 2.75 bits per heavy atom. The summed E-state index contributed by atoms with van der Waals surface area (Å²) in [5.74, 6) is -0.276. The van der Waals surface area contributed by atoms with Gasteiger partial charge in [0.25, 0.3) is 0 Å². The van der Waals surface area contributed by atoms with Crippen LogP contribution < -0.4 is 5.32 Å². The van der Waals surface area contributed by atoms with Crippen molar-refractivity contribution in [3.05, 3.63) is 34.6 Å². The van der Waals surface area contributed by atoms with Crippen LogP contribution >= 0.6 is 15.9 Å². The lowest BCUT2D eigenvalue weighted by atomic mass is 10.1. The number of hydrogen-bond acceptors (Lipinski definition) is 1. The summed E-state index contributed by atoms with van der Waals surface area (Å²) >= 11 is 3.20. The number of anilines is 1. The van der Waals surface area contributed by atoms with Gasteiger partial charge in [-0.3, -0.25) is 0 Å². The Labute approximate surface area is 79.4 Å². The second-order valence-corrected chi connectivity index (χ2v) is 3.22. The van der Waals surface area contributed by atoms with Gasteiger partial charge < -0.3 is 5.32 Å². The summed E-state index contributed by atoms with van der Waals surface area (Å²) in [5, 5.41) is 2.77. The van der Waals surface area contributed by atoms with Gasteiger partial charge >= 0.3 is 0 Å². The van der Waals surface area contributed by atoms with Crippen molar-refractivity contribution in [2.24, 2.45) is 0 Å². The SMILES string of the molecule is C=Cc1cc(Br)cc(F)c1NC. The second kappa shape index (κ2) is 3.72. The zero-order chi connectivity index (χ0) is 9.14. The summed E-state index contributed by atoms with van der Waals surface area (Å²) in [4.78, 5) is 0. The van der Waals surface area contributed by atoms with Crippen LogP contribution in [0.15, 0.2) is 23.2 Å².